The standard InChI is InChI=1S/C12H16FN3O2/c13-9-3-6-16(12(9)14)11(18)7-10(17)8-1-4-15-5-2-8/h1-2,4-5,9-10,12,17H,3,6-7,14H2/t9-,10?,12?/m0/s1. The van der Waals surface area contributed by atoms with E-state index in [0.717, 1.165) is 0 Å². The molecular formula is C12H16FN3O2. The van der Waals surface area contributed by atoms with Gasteiger partial charge < -0.3 is 15.7 Å². The molecule has 0 spiro atoms. The predicted molar refractivity (Wildman–Crippen MR) is 63.0 cm³/mol. The number of aliphatic hydroxyl groups is 1. The second-order valence-electron chi connectivity index (χ2n) is 4.38. The molecule has 2 heterocycles. The number of hydrogen-bond donors (Lipinski definition) is 2. The summed E-state index contributed by atoms with van der Waals surface area (Å²) in [4.78, 5) is 17.0. The summed E-state index contributed by atoms with van der Waals surface area (Å²) >= 11 is 0. The molecule has 0 aromatic carbocycles. The lowest BCUT2D eigenvalue weighted by Crippen LogP contribution is -2.45. The van der Waals surface area contributed by atoms with E-state index < -0.39 is 18.4 Å². The smallest absolute Gasteiger partial charge is 0.226 e. The monoisotopic (exact) mass is 253 g/mol. The number of aliphatic hydroxyl groups excluding tert-OH is 1. The third kappa shape index (κ3) is 2.65. The van der Waals surface area contributed by atoms with Crippen LogP contribution in [0.15, 0.2) is 24.5 Å². The van der Waals surface area contributed by atoms with Gasteiger partial charge >= 0.3 is 0 Å². The number of rotatable bonds is 3. The summed E-state index contributed by atoms with van der Waals surface area (Å²) < 4.78 is 13.2. The molecule has 3 N–H and O–H groups in total. The molecule has 1 fully saturated rings. The first-order chi connectivity index (χ1) is 8.59. The van der Waals surface area contributed by atoms with Crippen molar-refractivity contribution < 1.29 is 14.3 Å². The number of alkyl halides is 1. The summed E-state index contributed by atoms with van der Waals surface area (Å²) in [5.74, 6) is -0.327. The third-order valence-electron chi connectivity index (χ3n) is 3.16. The summed E-state index contributed by atoms with van der Waals surface area (Å²) in [5.41, 5.74) is 6.19. The van der Waals surface area contributed by atoms with E-state index in [-0.39, 0.29) is 18.7 Å². The first kappa shape index (κ1) is 12.9. The highest BCUT2D eigenvalue weighted by molar-refractivity contribution is 5.77. The van der Waals surface area contributed by atoms with Crippen LogP contribution in [-0.4, -0.2) is 39.8 Å². The van der Waals surface area contributed by atoms with Crippen LogP contribution in [0, 0.1) is 0 Å². The van der Waals surface area contributed by atoms with Crippen LogP contribution >= 0.6 is 0 Å². The third-order valence-corrected chi connectivity index (χ3v) is 3.16. The fraction of sp³-hybridized carbons (Fsp3) is 0.500. The van der Waals surface area contributed by atoms with Gasteiger partial charge in [0.25, 0.3) is 0 Å². The van der Waals surface area contributed by atoms with Crippen molar-refractivity contribution in [3.63, 3.8) is 0 Å². The fourth-order valence-corrected chi connectivity index (χ4v) is 2.05. The fourth-order valence-electron chi connectivity index (χ4n) is 2.05. The van der Waals surface area contributed by atoms with Gasteiger partial charge in [-0.3, -0.25) is 9.78 Å². The van der Waals surface area contributed by atoms with Crippen LogP contribution in [0.3, 0.4) is 0 Å². The number of nitrogens with two attached hydrogens (primary N) is 1. The molecule has 1 saturated heterocycles. The van der Waals surface area contributed by atoms with E-state index in [1.807, 2.05) is 0 Å². The number of pyridine rings is 1. The summed E-state index contributed by atoms with van der Waals surface area (Å²) in [7, 11) is 0. The maximum atomic E-state index is 13.2. The van der Waals surface area contributed by atoms with Crippen molar-refractivity contribution in [2.75, 3.05) is 6.54 Å². The molecule has 6 heteroatoms. The lowest BCUT2D eigenvalue weighted by Gasteiger charge is -2.23. The van der Waals surface area contributed by atoms with Gasteiger partial charge in [0.1, 0.15) is 12.3 Å². The molecule has 2 unspecified atom stereocenters. The Morgan fingerprint density at radius 2 is 2.28 bits per heavy atom. The largest absolute Gasteiger partial charge is 0.388 e. The molecule has 0 bridgehead atoms. The Kier molecular flexibility index (Phi) is 3.88. The minimum atomic E-state index is -1.17. The van der Waals surface area contributed by atoms with Crippen LogP contribution in [0.5, 0.6) is 0 Å². The molecule has 18 heavy (non-hydrogen) atoms. The number of halogens is 1. The van der Waals surface area contributed by atoms with E-state index in [0.29, 0.717) is 12.1 Å². The number of carbonyl (C=O) groups excluding carboxylic acids is 1. The number of carbonyl (C=O) groups is 1. The van der Waals surface area contributed by atoms with Crippen molar-refractivity contribution in [2.45, 2.75) is 31.3 Å². The Morgan fingerprint density at radius 1 is 1.61 bits per heavy atom. The molecule has 1 aliphatic heterocycles. The maximum absolute atomic E-state index is 13.2. The number of hydrogen-bond acceptors (Lipinski definition) is 4. The molecule has 1 aromatic rings. The van der Waals surface area contributed by atoms with Gasteiger partial charge in [-0.2, -0.15) is 0 Å². The molecule has 3 atom stereocenters. The molecule has 98 valence electrons. The highest BCUT2D eigenvalue weighted by Gasteiger charge is 2.34. The average Bonchev–Trinajstić information content (AvgIpc) is 2.71. The van der Waals surface area contributed by atoms with Gasteiger partial charge in [-0.1, -0.05) is 0 Å². The van der Waals surface area contributed by atoms with Gasteiger partial charge in [-0.05, 0) is 24.1 Å². The highest BCUT2D eigenvalue weighted by atomic mass is 19.1. The van der Waals surface area contributed by atoms with Crippen molar-refractivity contribution >= 4 is 5.91 Å². The summed E-state index contributed by atoms with van der Waals surface area (Å²) in [6.07, 6.45) is 0.285. The second-order valence-corrected chi connectivity index (χ2v) is 4.38. The van der Waals surface area contributed by atoms with Crippen LogP contribution in [-0.2, 0) is 4.79 Å². The Balaban J connectivity index is 1.96. The Hall–Kier alpha value is -1.53. The Bertz CT molecular complexity index is 415. The first-order valence-electron chi connectivity index (χ1n) is 5.86. The predicted octanol–water partition coefficient (Wildman–Crippen LogP) is 0.360. The van der Waals surface area contributed by atoms with Gasteiger partial charge in [0.2, 0.25) is 5.91 Å². The van der Waals surface area contributed by atoms with Gasteiger partial charge in [-0.25, -0.2) is 4.39 Å². The van der Waals surface area contributed by atoms with Crippen LogP contribution in [0.25, 0.3) is 0 Å². The van der Waals surface area contributed by atoms with Gasteiger partial charge in [0.15, 0.2) is 0 Å². The molecule has 5 nitrogen and oxygen atoms in total. The SMILES string of the molecule is NC1[C@@H](F)CCN1C(=O)CC(O)c1ccncc1. The summed E-state index contributed by atoms with van der Waals surface area (Å²) in [6.45, 7) is 0.310. The lowest BCUT2D eigenvalue weighted by atomic mass is 10.1. The van der Waals surface area contributed by atoms with E-state index in [1.54, 1.807) is 24.5 Å². The topological polar surface area (TPSA) is 79.5 Å². The van der Waals surface area contributed by atoms with E-state index in [1.165, 1.54) is 4.90 Å². The number of nitrogens with zero attached hydrogens (tertiary/aromatic N) is 2. The molecule has 1 aliphatic rings. The molecule has 1 amide bonds. The number of amides is 1. The molecule has 0 saturated carbocycles. The number of likely N-dealkylation sites (tertiary alicyclic amines) is 1. The Labute approximate surface area is 104 Å². The molecule has 0 aliphatic carbocycles. The van der Waals surface area contributed by atoms with Crippen molar-refractivity contribution in [2.24, 2.45) is 5.73 Å². The van der Waals surface area contributed by atoms with Gasteiger partial charge in [-0.15, -0.1) is 0 Å². The van der Waals surface area contributed by atoms with Crippen molar-refractivity contribution in [1.82, 2.24) is 9.88 Å². The zero-order valence-electron chi connectivity index (χ0n) is 9.87. The molecule has 1 aromatic heterocycles. The second kappa shape index (κ2) is 5.41. The lowest BCUT2D eigenvalue weighted by molar-refractivity contribution is -0.134. The van der Waals surface area contributed by atoms with Crippen LogP contribution in [0.1, 0.15) is 24.5 Å². The van der Waals surface area contributed by atoms with Crippen LogP contribution in [0.4, 0.5) is 4.39 Å². The molecule has 2 rings (SSSR count). The Morgan fingerprint density at radius 3 is 2.83 bits per heavy atom. The summed E-state index contributed by atoms with van der Waals surface area (Å²) in [6, 6.07) is 3.28. The minimum absolute atomic E-state index is 0.0928. The van der Waals surface area contributed by atoms with Crippen LogP contribution in [0.2, 0.25) is 0 Å². The van der Waals surface area contributed by atoms with E-state index >= 15 is 0 Å². The average molecular weight is 253 g/mol. The van der Waals surface area contributed by atoms with E-state index in [2.05, 4.69) is 4.98 Å². The first-order valence-corrected chi connectivity index (χ1v) is 5.86. The van der Waals surface area contributed by atoms with E-state index in [4.69, 9.17) is 5.73 Å². The minimum Gasteiger partial charge on any atom is -0.388 e. The molecular weight excluding hydrogens is 237 g/mol. The zero-order chi connectivity index (χ0) is 13.1. The zero-order valence-corrected chi connectivity index (χ0v) is 9.87. The summed E-state index contributed by atoms with van der Waals surface area (Å²) in [5, 5.41) is 9.89. The molecule has 0 radical (unpaired) electrons. The van der Waals surface area contributed by atoms with Crippen molar-refractivity contribution in [3.05, 3.63) is 30.1 Å². The maximum Gasteiger partial charge on any atom is 0.226 e. The van der Waals surface area contributed by atoms with Gasteiger partial charge in [0, 0.05) is 18.9 Å². The van der Waals surface area contributed by atoms with Gasteiger partial charge in [0.05, 0.1) is 12.5 Å². The van der Waals surface area contributed by atoms with Crippen LogP contribution < -0.4 is 5.73 Å². The quantitative estimate of drug-likeness (QED) is 0.815. The van der Waals surface area contributed by atoms with Crippen molar-refractivity contribution in [1.29, 1.82) is 0 Å². The normalized spacial score (nSPS) is 25.2. The van der Waals surface area contributed by atoms with Crippen molar-refractivity contribution in [3.8, 4) is 0 Å². The highest BCUT2D eigenvalue weighted by Crippen LogP contribution is 2.22. The van der Waals surface area contributed by atoms with E-state index in [9.17, 15) is 14.3 Å². The number of aromatic nitrogens is 1.